The fourth-order valence-electron chi connectivity index (χ4n) is 1.68. The van der Waals surface area contributed by atoms with Crippen LogP contribution in [0.1, 0.15) is 36.6 Å². The molecule has 1 rings (SSSR count). The van der Waals surface area contributed by atoms with Gasteiger partial charge in [0.15, 0.2) is 0 Å². The van der Waals surface area contributed by atoms with E-state index in [1.165, 1.54) is 13.0 Å². The van der Waals surface area contributed by atoms with Gasteiger partial charge in [0.05, 0.1) is 5.56 Å². The zero-order chi connectivity index (χ0) is 12.5. The van der Waals surface area contributed by atoms with Crippen LogP contribution in [0.3, 0.4) is 0 Å². The molecule has 0 aliphatic rings. The molecule has 0 aromatic heterocycles. The van der Waals surface area contributed by atoms with Gasteiger partial charge in [-0.1, -0.05) is 26.0 Å². The molecule has 90 valence electrons. The van der Waals surface area contributed by atoms with E-state index in [0.29, 0.717) is 5.56 Å². The molecule has 0 unspecified atom stereocenters. The Hall–Kier alpha value is -1.03. The Morgan fingerprint density at radius 2 is 1.75 bits per heavy atom. The smallest absolute Gasteiger partial charge is 0.324 e. The molecule has 1 atom stereocenters. The summed E-state index contributed by atoms with van der Waals surface area (Å²) < 4.78 is 38.0. The maximum Gasteiger partial charge on any atom is 0.416 e. The molecule has 2 N–H and O–H groups in total. The Balaban J connectivity index is 3.24. The Labute approximate surface area is 93.5 Å². The number of hydrogen-bond acceptors (Lipinski definition) is 1. The van der Waals surface area contributed by atoms with Crippen molar-refractivity contribution in [2.45, 2.75) is 33.0 Å². The van der Waals surface area contributed by atoms with Crippen molar-refractivity contribution in [3.8, 4) is 0 Å². The SMILES string of the molecule is Cc1c([C@H](N)C(C)C)cccc1C(F)(F)F. The van der Waals surface area contributed by atoms with Crippen molar-refractivity contribution in [1.82, 2.24) is 0 Å². The van der Waals surface area contributed by atoms with E-state index in [0.717, 1.165) is 6.07 Å². The van der Waals surface area contributed by atoms with Gasteiger partial charge < -0.3 is 5.73 Å². The zero-order valence-electron chi connectivity index (χ0n) is 9.60. The predicted molar refractivity (Wildman–Crippen MR) is 57.9 cm³/mol. The molecule has 0 spiro atoms. The van der Waals surface area contributed by atoms with Crippen molar-refractivity contribution in [1.29, 1.82) is 0 Å². The van der Waals surface area contributed by atoms with Gasteiger partial charge in [-0.25, -0.2) is 0 Å². The lowest BCUT2D eigenvalue weighted by atomic mass is 9.91. The minimum atomic E-state index is -4.31. The average molecular weight is 231 g/mol. The average Bonchev–Trinajstić information content (AvgIpc) is 2.15. The monoisotopic (exact) mass is 231 g/mol. The van der Waals surface area contributed by atoms with Gasteiger partial charge in [0.2, 0.25) is 0 Å². The third-order valence-corrected chi connectivity index (χ3v) is 2.76. The summed E-state index contributed by atoms with van der Waals surface area (Å²) >= 11 is 0. The molecule has 0 saturated carbocycles. The fraction of sp³-hybridized carbons (Fsp3) is 0.500. The summed E-state index contributed by atoms with van der Waals surface area (Å²) in [5.41, 5.74) is 6.09. The second-order valence-corrected chi connectivity index (χ2v) is 4.29. The number of hydrogen-bond donors (Lipinski definition) is 1. The molecule has 16 heavy (non-hydrogen) atoms. The lowest BCUT2D eigenvalue weighted by molar-refractivity contribution is -0.138. The summed E-state index contributed by atoms with van der Waals surface area (Å²) in [6.45, 7) is 5.26. The van der Waals surface area contributed by atoms with Crippen LogP contribution in [-0.2, 0) is 6.18 Å². The van der Waals surface area contributed by atoms with Gasteiger partial charge in [0, 0.05) is 6.04 Å². The number of benzene rings is 1. The Kier molecular flexibility index (Phi) is 3.63. The first-order valence-electron chi connectivity index (χ1n) is 5.17. The molecule has 0 fully saturated rings. The molecular formula is C12H16F3N. The van der Waals surface area contributed by atoms with Crippen molar-refractivity contribution < 1.29 is 13.2 Å². The summed E-state index contributed by atoms with van der Waals surface area (Å²) in [5, 5.41) is 0. The van der Waals surface area contributed by atoms with Crippen LogP contribution in [0.15, 0.2) is 18.2 Å². The van der Waals surface area contributed by atoms with Crippen LogP contribution in [0.5, 0.6) is 0 Å². The maximum absolute atomic E-state index is 12.7. The van der Waals surface area contributed by atoms with Gasteiger partial charge in [-0.3, -0.25) is 0 Å². The normalized spacial score (nSPS) is 14.2. The van der Waals surface area contributed by atoms with Crippen molar-refractivity contribution in [2.75, 3.05) is 0 Å². The third-order valence-electron chi connectivity index (χ3n) is 2.76. The lowest BCUT2D eigenvalue weighted by Crippen LogP contribution is -2.19. The Morgan fingerprint density at radius 1 is 1.19 bits per heavy atom. The summed E-state index contributed by atoms with van der Waals surface area (Å²) in [5.74, 6) is 0.113. The lowest BCUT2D eigenvalue weighted by Gasteiger charge is -2.21. The standard InChI is InChI=1S/C12H16F3N/c1-7(2)11(16)9-5-4-6-10(8(9)3)12(13,14)15/h4-7,11H,16H2,1-3H3/t11-/m1/s1. The van der Waals surface area contributed by atoms with Gasteiger partial charge in [0.1, 0.15) is 0 Å². The van der Waals surface area contributed by atoms with Crippen LogP contribution in [0.4, 0.5) is 13.2 Å². The number of nitrogens with two attached hydrogens (primary N) is 1. The van der Waals surface area contributed by atoms with Gasteiger partial charge >= 0.3 is 6.18 Å². The number of alkyl halides is 3. The molecule has 0 heterocycles. The van der Waals surface area contributed by atoms with Crippen LogP contribution in [0.25, 0.3) is 0 Å². The van der Waals surface area contributed by atoms with Crippen LogP contribution in [-0.4, -0.2) is 0 Å². The highest BCUT2D eigenvalue weighted by molar-refractivity contribution is 5.37. The highest BCUT2D eigenvalue weighted by Gasteiger charge is 2.33. The van der Waals surface area contributed by atoms with Crippen LogP contribution in [0.2, 0.25) is 0 Å². The van der Waals surface area contributed by atoms with Gasteiger partial charge in [-0.2, -0.15) is 13.2 Å². The van der Waals surface area contributed by atoms with E-state index in [9.17, 15) is 13.2 Å². The summed E-state index contributed by atoms with van der Waals surface area (Å²) in [7, 11) is 0. The van der Waals surface area contributed by atoms with Crippen LogP contribution in [0, 0.1) is 12.8 Å². The molecule has 1 aromatic carbocycles. The molecule has 0 radical (unpaired) electrons. The van der Waals surface area contributed by atoms with Gasteiger partial charge in [0.25, 0.3) is 0 Å². The fourth-order valence-corrected chi connectivity index (χ4v) is 1.68. The summed E-state index contributed by atoms with van der Waals surface area (Å²) in [4.78, 5) is 0. The highest BCUT2D eigenvalue weighted by Crippen LogP contribution is 2.35. The second kappa shape index (κ2) is 4.45. The van der Waals surface area contributed by atoms with Gasteiger partial charge in [-0.15, -0.1) is 0 Å². The molecule has 0 bridgehead atoms. The maximum atomic E-state index is 12.7. The molecule has 0 aliphatic carbocycles. The van der Waals surface area contributed by atoms with Crippen LogP contribution >= 0.6 is 0 Å². The highest BCUT2D eigenvalue weighted by atomic mass is 19.4. The summed E-state index contributed by atoms with van der Waals surface area (Å²) in [6, 6.07) is 3.80. The van der Waals surface area contributed by atoms with E-state index in [1.807, 2.05) is 13.8 Å². The zero-order valence-corrected chi connectivity index (χ0v) is 9.60. The summed E-state index contributed by atoms with van der Waals surface area (Å²) in [6.07, 6.45) is -4.31. The number of rotatable bonds is 2. The molecule has 4 heteroatoms. The minimum absolute atomic E-state index is 0.113. The molecule has 1 aromatic rings. The number of halogens is 3. The Bertz CT molecular complexity index is 369. The molecule has 0 amide bonds. The Morgan fingerprint density at radius 3 is 2.19 bits per heavy atom. The second-order valence-electron chi connectivity index (χ2n) is 4.29. The molecule has 0 aliphatic heterocycles. The van der Waals surface area contributed by atoms with E-state index in [1.54, 1.807) is 6.07 Å². The predicted octanol–water partition coefficient (Wildman–Crippen LogP) is 3.67. The first-order chi connectivity index (χ1) is 7.25. The van der Waals surface area contributed by atoms with Crippen molar-refractivity contribution in [3.05, 3.63) is 34.9 Å². The molecule has 1 nitrogen and oxygen atoms in total. The topological polar surface area (TPSA) is 26.0 Å². The third kappa shape index (κ3) is 2.55. The van der Waals surface area contributed by atoms with Crippen molar-refractivity contribution in [2.24, 2.45) is 11.7 Å². The van der Waals surface area contributed by atoms with E-state index in [4.69, 9.17) is 5.73 Å². The first-order valence-corrected chi connectivity index (χ1v) is 5.17. The quantitative estimate of drug-likeness (QED) is 0.825. The van der Waals surface area contributed by atoms with Crippen LogP contribution < -0.4 is 5.73 Å². The van der Waals surface area contributed by atoms with E-state index >= 15 is 0 Å². The van der Waals surface area contributed by atoms with Gasteiger partial charge in [-0.05, 0) is 30.0 Å². The molecular weight excluding hydrogens is 215 g/mol. The largest absolute Gasteiger partial charge is 0.416 e. The van der Waals surface area contributed by atoms with Crippen molar-refractivity contribution in [3.63, 3.8) is 0 Å². The van der Waals surface area contributed by atoms with E-state index in [-0.39, 0.29) is 17.5 Å². The minimum Gasteiger partial charge on any atom is -0.324 e. The van der Waals surface area contributed by atoms with Crippen molar-refractivity contribution >= 4 is 0 Å². The molecule has 0 saturated heterocycles. The first kappa shape index (κ1) is 13.0. The van der Waals surface area contributed by atoms with E-state index < -0.39 is 11.7 Å². The van der Waals surface area contributed by atoms with E-state index in [2.05, 4.69) is 0 Å².